The molecule has 88 valence electrons. The minimum atomic E-state index is -0.729. The smallest absolute Gasteiger partial charge is 0.254 e. The summed E-state index contributed by atoms with van der Waals surface area (Å²) in [6.45, 7) is 0.364. The van der Waals surface area contributed by atoms with Crippen LogP contribution >= 0.6 is 11.3 Å². The van der Waals surface area contributed by atoms with Crippen molar-refractivity contribution >= 4 is 17.2 Å². The fourth-order valence-electron chi connectivity index (χ4n) is 1.36. The van der Waals surface area contributed by atoms with E-state index in [9.17, 15) is 9.18 Å². The zero-order chi connectivity index (χ0) is 12.3. The molecule has 0 aliphatic heterocycles. The number of rotatable bonds is 3. The van der Waals surface area contributed by atoms with Crippen LogP contribution in [-0.2, 0) is 6.54 Å². The highest BCUT2D eigenvalue weighted by atomic mass is 32.1. The van der Waals surface area contributed by atoms with E-state index in [1.54, 1.807) is 0 Å². The van der Waals surface area contributed by atoms with Crippen LogP contribution in [0.3, 0.4) is 0 Å². The van der Waals surface area contributed by atoms with Crippen molar-refractivity contribution < 1.29 is 14.3 Å². The van der Waals surface area contributed by atoms with Gasteiger partial charge in [-0.05, 0) is 34.5 Å². The van der Waals surface area contributed by atoms with E-state index in [2.05, 4.69) is 5.32 Å². The second kappa shape index (κ2) is 4.97. The molecule has 0 spiro atoms. The molecule has 0 radical (unpaired) electrons. The van der Waals surface area contributed by atoms with Crippen LogP contribution in [0.5, 0.6) is 5.75 Å². The maximum absolute atomic E-state index is 13.3. The lowest BCUT2D eigenvalue weighted by molar-refractivity contribution is 0.0947. The third-order valence-electron chi connectivity index (χ3n) is 2.23. The number of halogens is 1. The molecule has 1 heterocycles. The van der Waals surface area contributed by atoms with Crippen molar-refractivity contribution in [3.63, 3.8) is 0 Å². The molecule has 2 N–H and O–H groups in total. The van der Waals surface area contributed by atoms with Crippen LogP contribution in [0, 0.1) is 5.82 Å². The molecule has 0 saturated carbocycles. The molecule has 2 aromatic rings. The summed E-state index contributed by atoms with van der Waals surface area (Å²) in [6, 6.07) is 5.34. The fraction of sp³-hybridized carbons (Fsp3) is 0.0833. The third kappa shape index (κ3) is 2.82. The first-order chi connectivity index (χ1) is 8.16. The van der Waals surface area contributed by atoms with E-state index >= 15 is 0 Å². The molecule has 0 aliphatic carbocycles. The Labute approximate surface area is 102 Å². The number of hydrogen-bond donors (Lipinski definition) is 2. The van der Waals surface area contributed by atoms with Gasteiger partial charge >= 0.3 is 0 Å². The van der Waals surface area contributed by atoms with Crippen molar-refractivity contribution in [3.05, 3.63) is 52.0 Å². The number of carbonyl (C=O) groups is 1. The van der Waals surface area contributed by atoms with Crippen LogP contribution in [0.2, 0.25) is 0 Å². The molecule has 2 rings (SSSR count). The highest BCUT2D eigenvalue weighted by molar-refractivity contribution is 7.07. The Bertz CT molecular complexity index is 525. The highest BCUT2D eigenvalue weighted by Gasteiger charge is 2.11. The normalized spacial score (nSPS) is 10.2. The number of phenolic OH excluding ortho intramolecular Hbond substituents is 1. The summed E-state index contributed by atoms with van der Waals surface area (Å²) in [5.74, 6) is -1.42. The Morgan fingerprint density at radius 3 is 2.88 bits per heavy atom. The van der Waals surface area contributed by atoms with Gasteiger partial charge in [0, 0.05) is 12.6 Å². The largest absolute Gasteiger partial charge is 0.508 e. The molecular formula is C12H10FNO2S. The molecule has 3 nitrogen and oxygen atoms in total. The summed E-state index contributed by atoms with van der Waals surface area (Å²) in [4.78, 5) is 11.6. The summed E-state index contributed by atoms with van der Waals surface area (Å²) >= 11 is 1.53. The first kappa shape index (κ1) is 11.6. The predicted octanol–water partition coefficient (Wildman–Crippen LogP) is 2.52. The molecule has 0 bridgehead atoms. The lowest BCUT2D eigenvalue weighted by Gasteiger charge is -2.05. The monoisotopic (exact) mass is 251 g/mol. The highest BCUT2D eigenvalue weighted by Crippen LogP contribution is 2.15. The minimum absolute atomic E-state index is 0.0713. The van der Waals surface area contributed by atoms with Crippen molar-refractivity contribution in [2.75, 3.05) is 0 Å². The molecular weight excluding hydrogens is 241 g/mol. The summed E-state index contributed by atoms with van der Waals surface area (Å²) < 4.78 is 13.3. The standard InChI is InChI=1S/C12H10FNO2S/c13-11-5-9(15)1-2-10(11)12(16)14-6-8-3-4-17-7-8/h1-5,7,15H,6H2,(H,14,16). The average Bonchev–Trinajstić information content (AvgIpc) is 2.78. The van der Waals surface area contributed by atoms with E-state index in [-0.39, 0.29) is 11.3 Å². The van der Waals surface area contributed by atoms with Crippen LogP contribution < -0.4 is 5.32 Å². The fourth-order valence-corrected chi connectivity index (χ4v) is 2.03. The first-order valence-corrected chi connectivity index (χ1v) is 5.89. The van der Waals surface area contributed by atoms with Gasteiger partial charge < -0.3 is 10.4 Å². The van der Waals surface area contributed by atoms with Crippen LogP contribution in [0.25, 0.3) is 0 Å². The van der Waals surface area contributed by atoms with Gasteiger partial charge in [0.15, 0.2) is 0 Å². The van der Waals surface area contributed by atoms with Crippen molar-refractivity contribution in [1.29, 1.82) is 0 Å². The average molecular weight is 251 g/mol. The molecule has 1 aromatic heterocycles. The van der Waals surface area contributed by atoms with Crippen LogP contribution in [-0.4, -0.2) is 11.0 Å². The van der Waals surface area contributed by atoms with Gasteiger partial charge in [-0.2, -0.15) is 11.3 Å². The van der Waals surface area contributed by atoms with Crippen LogP contribution in [0.1, 0.15) is 15.9 Å². The van der Waals surface area contributed by atoms with Crippen molar-refractivity contribution in [3.8, 4) is 5.75 Å². The van der Waals surface area contributed by atoms with Crippen molar-refractivity contribution in [1.82, 2.24) is 5.32 Å². The molecule has 0 unspecified atom stereocenters. The number of amides is 1. The minimum Gasteiger partial charge on any atom is -0.508 e. The quantitative estimate of drug-likeness (QED) is 0.880. The van der Waals surface area contributed by atoms with Crippen molar-refractivity contribution in [2.24, 2.45) is 0 Å². The van der Waals surface area contributed by atoms with Gasteiger partial charge in [0.25, 0.3) is 5.91 Å². The Morgan fingerprint density at radius 1 is 1.41 bits per heavy atom. The van der Waals surface area contributed by atoms with Gasteiger partial charge in [0.2, 0.25) is 0 Å². The number of nitrogens with one attached hydrogen (secondary N) is 1. The molecule has 5 heteroatoms. The molecule has 0 aliphatic rings. The molecule has 0 fully saturated rings. The summed E-state index contributed by atoms with van der Waals surface area (Å²) in [5, 5.41) is 15.5. The second-order valence-electron chi connectivity index (χ2n) is 3.48. The molecule has 17 heavy (non-hydrogen) atoms. The van der Waals surface area contributed by atoms with E-state index in [1.807, 2.05) is 16.8 Å². The molecule has 0 saturated heterocycles. The Morgan fingerprint density at radius 2 is 2.24 bits per heavy atom. The summed E-state index contributed by atoms with van der Waals surface area (Å²) in [7, 11) is 0. The van der Waals surface area contributed by atoms with E-state index < -0.39 is 11.7 Å². The third-order valence-corrected chi connectivity index (χ3v) is 2.96. The zero-order valence-electron chi connectivity index (χ0n) is 8.81. The van der Waals surface area contributed by atoms with E-state index in [0.29, 0.717) is 6.54 Å². The van der Waals surface area contributed by atoms with Gasteiger partial charge in [-0.15, -0.1) is 0 Å². The number of carbonyl (C=O) groups excluding carboxylic acids is 1. The zero-order valence-corrected chi connectivity index (χ0v) is 9.63. The number of thiophene rings is 1. The predicted molar refractivity (Wildman–Crippen MR) is 63.6 cm³/mol. The maximum Gasteiger partial charge on any atom is 0.254 e. The Balaban J connectivity index is 2.04. The molecule has 1 aromatic carbocycles. The van der Waals surface area contributed by atoms with Gasteiger partial charge in [0.1, 0.15) is 11.6 Å². The Hall–Kier alpha value is -1.88. The number of phenols is 1. The topological polar surface area (TPSA) is 49.3 Å². The van der Waals surface area contributed by atoms with Gasteiger partial charge in [-0.25, -0.2) is 4.39 Å². The SMILES string of the molecule is O=C(NCc1ccsc1)c1ccc(O)cc1F. The van der Waals surface area contributed by atoms with Crippen LogP contribution in [0.15, 0.2) is 35.0 Å². The summed E-state index contributed by atoms with van der Waals surface area (Å²) in [5.41, 5.74) is 0.903. The van der Waals surface area contributed by atoms with E-state index in [4.69, 9.17) is 5.11 Å². The lowest BCUT2D eigenvalue weighted by atomic mass is 10.2. The number of aromatic hydroxyl groups is 1. The lowest BCUT2D eigenvalue weighted by Crippen LogP contribution is -2.23. The van der Waals surface area contributed by atoms with E-state index in [0.717, 1.165) is 11.6 Å². The Kier molecular flexibility index (Phi) is 3.39. The van der Waals surface area contributed by atoms with Gasteiger partial charge in [0.05, 0.1) is 5.56 Å². The maximum atomic E-state index is 13.3. The van der Waals surface area contributed by atoms with E-state index in [1.165, 1.54) is 23.5 Å². The van der Waals surface area contributed by atoms with Crippen LogP contribution in [0.4, 0.5) is 4.39 Å². The second-order valence-corrected chi connectivity index (χ2v) is 4.26. The van der Waals surface area contributed by atoms with Gasteiger partial charge in [-0.1, -0.05) is 0 Å². The summed E-state index contributed by atoms with van der Waals surface area (Å²) in [6.07, 6.45) is 0. The van der Waals surface area contributed by atoms with Gasteiger partial charge in [-0.3, -0.25) is 4.79 Å². The number of benzene rings is 1. The molecule has 0 atom stereocenters. The number of hydrogen-bond acceptors (Lipinski definition) is 3. The first-order valence-electron chi connectivity index (χ1n) is 4.94. The molecule has 1 amide bonds. The van der Waals surface area contributed by atoms with Crippen molar-refractivity contribution in [2.45, 2.75) is 6.54 Å².